The summed E-state index contributed by atoms with van der Waals surface area (Å²) in [5, 5.41) is 10.2. The summed E-state index contributed by atoms with van der Waals surface area (Å²) >= 11 is 0. The molecule has 1 fully saturated rings. The van der Waals surface area contributed by atoms with Gasteiger partial charge in [-0.15, -0.1) is 0 Å². The van der Waals surface area contributed by atoms with Crippen molar-refractivity contribution in [1.82, 2.24) is 20.4 Å². The van der Waals surface area contributed by atoms with Gasteiger partial charge in [0.25, 0.3) is 0 Å². The highest BCUT2D eigenvalue weighted by molar-refractivity contribution is 5.81. The smallest absolute Gasteiger partial charge is 0.237 e. The number of nitrogens with zero attached hydrogens (tertiary/aromatic N) is 2. The van der Waals surface area contributed by atoms with Gasteiger partial charge in [-0.3, -0.25) is 9.48 Å². The van der Waals surface area contributed by atoms with E-state index in [9.17, 15) is 4.79 Å². The van der Waals surface area contributed by atoms with Crippen molar-refractivity contribution < 1.29 is 4.79 Å². The van der Waals surface area contributed by atoms with E-state index in [0.29, 0.717) is 0 Å². The molecule has 2 rings (SSSR count). The lowest BCUT2D eigenvalue weighted by Gasteiger charge is -2.10. The van der Waals surface area contributed by atoms with Gasteiger partial charge in [0.05, 0.1) is 6.04 Å². The van der Waals surface area contributed by atoms with Gasteiger partial charge in [0, 0.05) is 25.5 Å². The summed E-state index contributed by atoms with van der Waals surface area (Å²) in [6.45, 7) is 2.54. The molecule has 0 unspecified atom stereocenters. The quantitative estimate of drug-likeness (QED) is 0.697. The van der Waals surface area contributed by atoms with Gasteiger partial charge in [0.1, 0.15) is 0 Å². The van der Waals surface area contributed by atoms with Crippen LogP contribution in [0.4, 0.5) is 0 Å². The predicted molar refractivity (Wildman–Crippen MR) is 60.9 cm³/mol. The molecule has 1 saturated heterocycles. The minimum atomic E-state index is 0.0321. The van der Waals surface area contributed by atoms with E-state index in [4.69, 9.17) is 0 Å². The first-order chi connectivity index (χ1) is 7.86. The molecule has 1 aromatic heterocycles. The molecule has 0 bridgehead atoms. The second-order valence-electron chi connectivity index (χ2n) is 4.06. The lowest BCUT2D eigenvalue weighted by Crippen LogP contribution is -2.40. The molecular weight excluding hydrogens is 204 g/mol. The van der Waals surface area contributed by atoms with Crippen molar-refractivity contribution in [3.8, 4) is 0 Å². The molecule has 0 saturated carbocycles. The molecular formula is C11H18N4O. The van der Waals surface area contributed by atoms with Crippen molar-refractivity contribution >= 4 is 5.91 Å². The first-order valence-corrected chi connectivity index (χ1v) is 5.85. The molecule has 88 valence electrons. The van der Waals surface area contributed by atoms with Crippen LogP contribution in [0.25, 0.3) is 0 Å². The van der Waals surface area contributed by atoms with E-state index in [2.05, 4.69) is 15.7 Å². The zero-order chi connectivity index (χ0) is 11.2. The van der Waals surface area contributed by atoms with Crippen molar-refractivity contribution in [2.24, 2.45) is 0 Å². The Balaban J connectivity index is 1.59. The van der Waals surface area contributed by atoms with Crippen molar-refractivity contribution in [3.63, 3.8) is 0 Å². The third-order valence-electron chi connectivity index (χ3n) is 2.80. The number of hydrogen-bond donors (Lipinski definition) is 2. The number of carbonyl (C=O) groups is 1. The molecule has 2 heterocycles. The Morgan fingerprint density at radius 3 is 3.25 bits per heavy atom. The van der Waals surface area contributed by atoms with Crippen LogP contribution in [-0.4, -0.2) is 34.8 Å². The van der Waals surface area contributed by atoms with Crippen LogP contribution >= 0.6 is 0 Å². The zero-order valence-corrected chi connectivity index (χ0v) is 9.35. The number of hydrogen-bond acceptors (Lipinski definition) is 3. The number of amides is 1. The van der Waals surface area contributed by atoms with Gasteiger partial charge in [-0.1, -0.05) is 0 Å². The monoisotopic (exact) mass is 222 g/mol. The first-order valence-electron chi connectivity index (χ1n) is 5.85. The molecule has 1 aliphatic rings. The minimum Gasteiger partial charge on any atom is -0.355 e. The average Bonchev–Trinajstić information content (AvgIpc) is 2.96. The van der Waals surface area contributed by atoms with Crippen molar-refractivity contribution in [1.29, 1.82) is 0 Å². The largest absolute Gasteiger partial charge is 0.355 e. The van der Waals surface area contributed by atoms with E-state index in [1.165, 1.54) is 0 Å². The average molecular weight is 222 g/mol. The maximum Gasteiger partial charge on any atom is 0.237 e. The Bertz CT molecular complexity index is 317. The maximum atomic E-state index is 11.6. The molecule has 1 aliphatic heterocycles. The molecule has 1 aromatic rings. The summed E-state index contributed by atoms with van der Waals surface area (Å²) in [6, 6.07) is 1.94. The number of rotatable bonds is 5. The topological polar surface area (TPSA) is 59.0 Å². The van der Waals surface area contributed by atoms with E-state index < -0.39 is 0 Å². The fourth-order valence-corrected chi connectivity index (χ4v) is 1.92. The van der Waals surface area contributed by atoms with Gasteiger partial charge in [0.2, 0.25) is 5.91 Å². The first kappa shape index (κ1) is 11.1. The molecule has 0 spiro atoms. The summed E-state index contributed by atoms with van der Waals surface area (Å²) in [7, 11) is 0. The Hall–Kier alpha value is -1.36. The third-order valence-corrected chi connectivity index (χ3v) is 2.80. The normalized spacial score (nSPS) is 19.9. The van der Waals surface area contributed by atoms with Crippen LogP contribution < -0.4 is 10.6 Å². The Kier molecular flexibility index (Phi) is 3.93. The number of aromatic nitrogens is 2. The Labute approximate surface area is 95.2 Å². The molecule has 0 radical (unpaired) electrons. The van der Waals surface area contributed by atoms with Gasteiger partial charge in [-0.2, -0.15) is 5.10 Å². The molecule has 2 N–H and O–H groups in total. The summed E-state index contributed by atoms with van der Waals surface area (Å²) < 4.78 is 1.87. The van der Waals surface area contributed by atoms with Gasteiger partial charge in [-0.05, 0) is 31.9 Å². The molecule has 5 nitrogen and oxygen atoms in total. The Morgan fingerprint density at radius 1 is 1.62 bits per heavy atom. The van der Waals surface area contributed by atoms with Crippen LogP contribution in [0.1, 0.15) is 19.3 Å². The molecule has 5 heteroatoms. The lowest BCUT2D eigenvalue weighted by molar-refractivity contribution is -0.122. The second-order valence-corrected chi connectivity index (χ2v) is 4.06. The fourth-order valence-electron chi connectivity index (χ4n) is 1.92. The fraction of sp³-hybridized carbons (Fsp3) is 0.636. The molecule has 16 heavy (non-hydrogen) atoms. The van der Waals surface area contributed by atoms with Gasteiger partial charge in [-0.25, -0.2) is 0 Å². The van der Waals surface area contributed by atoms with Crippen molar-refractivity contribution in [2.45, 2.75) is 31.8 Å². The highest BCUT2D eigenvalue weighted by Crippen LogP contribution is 2.04. The number of carbonyl (C=O) groups excluding carboxylic acids is 1. The van der Waals surface area contributed by atoms with E-state index in [0.717, 1.165) is 38.9 Å². The van der Waals surface area contributed by atoms with Crippen LogP contribution in [0.2, 0.25) is 0 Å². The minimum absolute atomic E-state index is 0.0321. The summed E-state index contributed by atoms with van der Waals surface area (Å²) in [4.78, 5) is 11.6. The van der Waals surface area contributed by atoms with E-state index >= 15 is 0 Å². The van der Waals surface area contributed by atoms with Crippen LogP contribution in [0.5, 0.6) is 0 Å². The Morgan fingerprint density at radius 2 is 2.56 bits per heavy atom. The van der Waals surface area contributed by atoms with E-state index in [1.54, 1.807) is 6.20 Å². The molecule has 1 amide bonds. The van der Waals surface area contributed by atoms with Crippen molar-refractivity contribution in [3.05, 3.63) is 18.5 Å². The third kappa shape index (κ3) is 3.06. The van der Waals surface area contributed by atoms with Gasteiger partial charge < -0.3 is 10.6 Å². The summed E-state index contributed by atoms with van der Waals surface area (Å²) in [5.41, 5.74) is 0. The van der Waals surface area contributed by atoms with Crippen LogP contribution in [0, 0.1) is 0 Å². The van der Waals surface area contributed by atoms with Crippen LogP contribution in [-0.2, 0) is 11.3 Å². The number of aryl methyl sites for hydroxylation is 1. The van der Waals surface area contributed by atoms with Crippen LogP contribution in [0.15, 0.2) is 18.5 Å². The second kappa shape index (κ2) is 5.65. The summed E-state index contributed by atoms with van der Waals surface area (Å²) in [5.74, 6) is 0.137. The lowest BCUT2D eigenvalue weighted by atomic mass is 10.2. The molecule has 0 aliphatic carbocycles. The molecule has 1 atom stereocenters. The maximum absolute atomic E-state index is 11.6. The standard InChI is InChI=1S/C11H18N4O/c16-11(10-4-1-5-12-10)13-6-2-8-15-9-3-7-14-15/h3,7,9-10,12H,1-2,4-6,8H2,(H,13,16)/t10-/m0/s1. The molecule has 0 aromatic carbocycles. The SMILES string of the molecule is O=C(NCCCn1cccn1)[C@@H]1CCCN1. The zero-order valence-electron chi connectivity index (χ0n) is 9.35. The van der Waals surface area contributed by atoms with Crippen LogP contribution in [0.3, 0.4) is 0 Å². The summed E-state index contributed by atoms with van der Waals surface area (Å²) in [6.07, 6.45) is 6.68. The van der Waals surface area contributed by atoms with Gasteiger partial charge in [0.15, 0.2) is 0 Å². The van der Waals surface area contributed by atoms with Crippen molar-refractivity contribution in [2.75, 3.05) is 13.1 Å². The number of nitrogens with one attached hydrogen (secondary N) is 2. The highest BCUT2D eigenvalue weighted by atomic mass is 16.2. The van der Waals surface area contributed by atoms with Gasteiger partial charge >= 0.3 is 0 Å². The van der Waals surface area contributed by atoms with E-state index in [1.807, 2.05) is 16.9 Å². The predicted octanol–water partition coefficient (Wildman–Crippen LogP) is 0.141. The highest BCUT2D eigenvalue weighted by Gasteiger charge is 2.20. The van der Waals surface area contributed by atoms with E-state index in [-0.39, 0.29) is 11.9 Å².